The van der Waals surface area contributed by atoms with Crippen LogP contribution in [-0.4, -0.2) is 17.3 Å². The van der Waals surface area contributed by atoms with Crippen LogP contribution in [0.3, 0.4) is 0 Å². The second-order valence-electron chi connectivity index (χ2n) is 3.49. The number of halogens is 2. The molecule has 1 aromatic carbocycles. The van der Waals surface area contributed by atoms with E-state index >= 15 is 0 Å². The van der Waals surface area contributed by atoms with E-state index in [1.54, 1.807) is 0 Å². The molecular weight excluding hydrogens is 342 g/mol. The Kier molecular flexibility index (Phi) is 3.93. The van der Waals surface area contributed by atoms with E-state index in [0.29, 0.717) is 0 Å². The zero-order valence-corrected chi connectivity index (χ0v) is 12.5. The molecule has 0 spiro atoms. The maximum absolute atomic E-state index is 6.33. The summed E-state index contributed by atoms with van der Waals surface area (Å²) in [7, 11) is 6.33. The van der Waals surface area contributed by atoms with E-state index in [2.05, 4.69) is 44.0 Å². The molecule has 0 bridgehead atoms. The molecule has 0 aliphatic heterocycles. The normalized spacial score (nSPS) is 11.7. The Labute approximate surface area is 90.0 Å². The molecule has 0 nitrogen and oxygen atoms in total. The molecule has 0 unspecified atom stereocenters. The van der Waals surface area contributed by atoms with Crippen molar-refractivity contribution in [2.45, 2.75) is 14.3 Å². The fourth-order valence-corrected chi connectivity index (χ4v) is 6.69. The summed E-state index contributed by atoms with van der Waals surface area (Å²) < 4.78 is 2.29. The van der Waals surface area contributed by atoms with Crippen molar-refractivity contribution in [1.82, 2.24) is 0 Å². The quantitative estimate of drug-likeness (QED) is 0.705. The summed E-state index contributed by atoms with van der Waals surface area (Å²) in [4.78, 5) is 4.46. The fraction of sp³-hybridized carbons (Fsp3) is 0.333. The number of benzene rings is 1. The fourth-order valence-electron chi connectivity index (χ4n) is 1.09. The van der Waals surface area contributed by atoms with Crippen molar-refractivity contribution in [3.05, 3.63) is 34.3 Å². The molecular formula is C9H12BrClSn. The van der Waals surface area contributed by atoms with Crippen LogP contribution in [0.1, 0.15) is 5.56 Å². The Bertz CT molecular complexity index is 267. The van der Waals surface area contributed by atoms with E-state index in [4.69, 9.17) is 8.92 Å². The zero-order chi connectivity index (χ0) is 9.19. The van der Waals surface area contributed by atoms with Crippen molar-refractivity contribution in [2.24, 2.45) is 0 Å². The average Bonchev–Trinajstić information content (AvgIpc) is 1.91. The van der Waals surface area contributed by atoms with Crippen LogP contribution in [0.15, 0.2) is 28.7 Å². The van der Waals surface area contributed by atoms with E-state index in [0.717, 1.165) is 4.44 Å². The summed E-state index contributed by atoms with van der Waals surface area (Å²) in [6, 6.07) is 8.31. The third kappa shape index (κ3) is 3.67. The van der Waals surface area contributed by atoms with Gasteiger partial charge < -0.3 is 0 Å². The molecule has 0 aliphatic carbocycles. The van der Waals surface area contributed by atoms with Crippen LogP contribution < -0.4 is 0 Å². The monoisotopic (exact) mass is 354 g/mol. The summed E-state index contributed by atoms with van der Waals surface area (Å²) in [6.07, 6.45) is 0. The summed E-state index contributed by atoms with van der Waals surface area (Å²) in [5.74, 6) is 0. The second kappa shape index (κ2) is 4.34. The molecule has 1 aromatic rings. The van der Waals surface area contributed by atoms with Gasteiger partial charge in [-0.25, -0.2) is 0 Å². The van der Waals surface area contributed by atoms with E-state index in [1.807, 2.05) is 6.07 Å². The molecule has 0 aliphatic rings. The zero-order valence-electron chi connectivity index (χ0n) is 7.27. The van der Waals surface area contributed by atoms with Gasteiger partial charge >= 0.3 is 90.7 Å². The van der Waals surface area contributed by atoms with Gasteiger partial charge in [-0.05, 0) is 0 Å². The Hall–Kier alpha value is 0.789. The molecule has 1 rings (SSSR count). The summed E-state index contributed by atoms with van der Waals surface area (Å²) >= 11 is 1.36. The van der Waals surface area contributed by atoms with Crippen LogP contribution in [-0.2, 0) is 4.44 Å². The van der Waals surface area contributed by atoms with E-state index in [-0.39, 0.29) is 0 Å². The Morgan fingerprint density at radius 1 is 1.33 bits per heavy atom. The van der Waals surface area contributed by atoms with Crippen molar-refractivity contribution in [1.29, 1.82) is 0 Å². The first-order chi connectivity index (χ1) is 5.49. The molecule has 0 saturated heterocycles. The van der Waals surface area contributed by atoms with Crippen LogP contribution in [0.5, 0.6) is 0 Å². The van der Waals surface area contributed by atoms with Gasteiger partial charge in [-0.15, -0.1) is 0 Å². The summed E-state index contributed by atoms with van der Waals surface area (Å²) in [5.41, 5.74) is 1.35. The molecule has 0 amide bonds. The van der Waals surface area contributed by atoms with Gasteiger partial charge in [-0.2, -0.15) is 0 Å². The first-order valence-corrected chi connectivity index (χ1v) is 16.0. The molecule has 12 heavy (non-hydrogen) atoms. The molecule has 0 heterocycles. The van der Waals surface area contributed by atoms with Crippen molar-refractivity contribution in [2.75, 3.05) is 0 Å². The Balaban J connectivity index is 2.83. The minimum atomic E-state index is -2.17. The van der Waals surface area contributed by atoms with Gasteiger partial charge in [0.15, 0.2) is 0 Å². The Morgan fingerprint density at radius 3 is 2.42 bits per heavy atom. The minimum absolute atomic E-state index is 1.09. The van der Waals surface area contributed by atoms with Crippen LogP contribution in [0.25, 0.3) is 0 Å². The van der Waals surface area contributed by atoms with Crippen LogP contribution in [0.4, 0.5) is 0 Å². The summed E-state index contributed by atoms with van der Waals surface area (Å²) in [5, 5.41) is 0. The standard InChI is InChI=1S/C7H6Br.2CH3.ClH.Sn/c1-6-4-2-3-5-7(6)8;;;;/h2-5H,1H2;2*1H3;1H;/q;;;;+1/p-1. The van der Waals surface area contributed by atoms with Crippen LogP contribution in [0.2, 0.25) is 9.88 Å². The van der Waals surface area contributed by atoms with Crippen molar-refractivity contribution in [3.8, 4) is 0 Å². The SMILES string of the molecule is [CH3][Sn]([CH3])([Cl])[CH2]c1ccccc1Br. The van der Waals surface area contributed by atoms with Crippen molar-refractivity contribution >= 4 is 42.1 Å². The number of hydrogen-bond donors (Lipinski definition) is 0. The maximum atomic E-state index is 6.33. The van der Waals surface area contributed by atoms with E-state index < -0.39 is 17.3 Å². The molecule has 66 valence electrons. The number of hydrogen-bond acceptors (Lipinski definition) is 0. The molecule has 0 atom stereocenters. The van der Waals surface area contributed by atoms with E-state index in [1.165, 1.54) is 10.0 Å². The van der Waals surface area contributed by atoms with Gasteiger partial charge in [0.1, 0.15) is 0 Å². The molecule has 0 radical (unpaired) electrons. The van der Waals surface area contributed by atoms with Gasteiger partial charge in [-0.1, -0.05) is 0 Å². The first kappa shape index (κ1) is 10.9. The van der Waals surface area contributed by atoms with Crippen molar-refractivity contribution < 1.29 is 0 Å². The van der Waals surface area contributed by atoms with Gasteiger partial charge in [0, 0.05) is 0 Å². The van der Waals surface area contributed by atoms with Crippen LogP contribution >= 0.6 is 24.9 Å². The number of rotatable bonds is 2. The van der Waals surface area contributed by atoms with Gasteiger partial charge in [0.05, 0.1) is 0 Å². The topological polar surface area (TPSA) is 0 Å². The predicted molar refractivity (Wildman–Crippen MR) is 61.2 cm³/mol. The van der Waals surface area contributed by atoms with Crippen LogP contribution in [0, 0.1) is 0 Å². The predicted octanol–water partition coefficient (Wildman–Crippen LogP) is 3.97. The Morgan fingerprint density at radius 2 is 1.92 bits per heavy atom. The second-order valence-corrected chi connectivity index (χ2v) is 22.0. The molecule has 0 N–H and O–H groups in total. The summed E-state index contributed by atoms with van der Waals surface area (Å²) in [6.45, 7) is 0. The van der Waals surface area contributed by atoms with E-state index in [9.17, 15) is 0 Å². The third-order valence-corrected chi connectivity index (χ3v) is 6.73. The first-order valence-electron chi connectivity index (χ1n) is 3.91. The average molecular weight is 354 g/mol. The van der Waals surface area contributed by atoms with Gasteiger partial charge in [0.25, 0.3) is 0 Å². The third-order valence-electron chi connectivity index (χ3n) is 1.57. The molecule has 3 heteroatoms. The van der Waals surface area contributed by atoms with Crippen molar-refractivity contribution in [3.63, 3.8) is 0 Å². The molecule has 0 saturated carbocycles. The van der Waals surface area contributed by atoms with Gasteiger partial charge in [-0.3, -0.25) is 0 Å². The molecule has 0 aromatic heterocycles. The molecule has 0 fully saturated rings. The van der Waals surface area contributed by atoms with Gasteiger partial charge in [0.2, 0.25) is 0 Å².